The standard InChI is InChI=1S/C25H23Cl2F5N2O2/c1-13-7-15(25(30,31)32)8-21-17(13)9-16(33(21)2)10-18-20(26)4-3-14(22(18)27)11-34-6-5-19(23(35)36)24(28,29)12-34/h3-4,7-9,19H,5-6,10-12H2,1-2H3,(H,35,36). The second-order valence-corrected chi connectivity index (χ2v) is 10.0. The van der Waals surface area contributed by atoms with E-state index in [0.29, 0.717) is 38.3 Å². The van der Waals surface area contributed by atoms with Crippen LogP contribution in [0.1, 0.15) is 34.4 Å². The summed E-state index contributed by atoms with van der Waals surface area (Å²) in [4.78, 5) is 12.6. The summed E-state index contributed by atoms with van der Waals surface area (Å²) in [6.07, 6.45) is -4.44. The van der Waals surface area contributed by atoms with Gasteiger partial charge in [-0.2, -0.15) is 13.2 Å². The molecule has 11 heteroatoms. The van der Waals surface area contributed by atoms with Crippen LogP contribution < -0.4 is 0 Å². The van der Waals surface area contributed by atoms with Gasteiger partial charge < -0.3 is 9.67 Å². The molecule has 1 aliphatic heterocycles. The quantitative estimate of drug-likeness (QED) is 0.351. The van der Waals surface area contributed by atoms with Gasteiger partial charge in [0.1, 0.15) is 5.92 Å². The Bertz CT molecular complexity index is 1340. The van der Waals surface area contributed by atoms with Gasteiger partial charge in [0.05, 0.1) is 17.1 Å². The van der Waals surface area contributed by atoms with Crippen molar-refractivity contribution in [2.24, 2.45) is 13.0 Å². The van der Waals surface area contributed by atoms with Crippen molar-refractivity contribution in [3.05, 3.63) is 68.3 Å². The van der Waals surface area contributed by atoms with Crippen LogP contribution in [-0.2, 0) is 31.0 Å². The van der Waals surface area contributed by atoms with Crippen LogP contribution in [0.5, 0.6) is 0 Å². The highest BCUT2D eigenvalue weighted by Crippen LogP contribution is 2.38. The summed E-state index contributed by atoms with van der Waals surface area (Å²) in [6, 6.07) is 7.25. The molecule has 0 aliphatic carbocycles. The van der Waals surface area contributed by atoms with Crippen LogP contribution in [0.25, 0.3) is 10.9 Å². The molecule has 1 N–H and O–H groups in total. The molecule has 3 aromatic rings. The molecule has 1 aromatic heterocycles. The van der Waals surface area contributed by atoms with Gasteiger partial charge in [-0.25, -0.2) is 8.78 Å². The van der Waals surface area contributed by atoms with E-state index < -0.39 is 36.1 Å². The molecule has 4 nitrogen and oxygen atoms in total. The van der Waals surface area contributed by atoms with E-state index in [1.165, 1.54) is 4.90 Å². The first-order valence-corrected chi connectivity index (χ1v) is 11.9. The van der Waals surface area contributed by atoms with Crippen LogP contribution in [-0.4, -0.2) is 39.6 Å². The van der Waals surface area contributed by atoms with E-state index in [4.69, 9.17) is 28.3 Å². The van der Waals surface area contributed by atoms with Gasteiger partial charge in [0.15, 0.2) is 0 Å². The zero-order chi connectivity index (χ0) is 26.6. The van der Waals surface area contributed by atoms with E-state index in [1.807, 2.05) is 0 Å². The Morgan fingerprint density at radius 3 is 2.50 bits per heavy atom. The number of fused-ring (bicyclic) bond motifs is 1. The Balaban J connectivity index is 1.63. The number of aromatic nitrogens is 1. The van der Waals surface area contributed by atoms with Crippen molar-refractivity contribution in [2.45, 2.75) is 38.4 Å². The monoisotopic (exact) mass is 548 g/mol. The highest BCUT2D eigenvalue weighted by atomic mass is 35.5. The minimum Gasteiger partial charge on any atom is -0.481 e. The largest absolute Gasteiger partial charge is 0.481 e. The number of carboxylic acid groups (broad SMARTS) is 1. The maximum atomic E-state index is 14.3. The normalized spacial score (nSPS) is 18.6. The minimum atomic E-state index is -4.47. The number of aliphatic carboxylic acids is 1. The lowest BCUT2D eigenvalue weighted by molar-refractivity contribution is -0.167. The van der Waals surface area contributed by atoms with Gasteiger partial charge in [0, 0.05) is 41.6 Å². The highest BCUT2D eigenvalue weighted by molar-refractivity contribution is 6.36. The van der Waals surface area contributed by atoms with Crippen LogP contribution in [0.4, 0.5) is 22.0 Å². The van der Waals surface area contributed by atoms with E-state index in [1.54, 1.807) is 36.7 Å². The third-order valence-electron chi connectivity index (χ3n) is 6.79. The van der Waals surface area contributed by atoms with Crippen LogP contribution in [0, 0.1) is 12.8 Å². The van der Waals surface area contributed by atoms with Crippen LogP contribution in [0.3, 0.4) is 0 Å². The molecule has 36 heavy (non-hydrogen) atoms. The molecule has 1 fully saturated rings. The molecule has 1 saturated heterocycles. The van der Waals surface area contributed by atoms with Crippen molar-refractivity contribution < 1.29 is 31.9 Å². The summed E-state index contributed by atoms with van der Waals surface area (Å²) >= 11 is 13.1. The molecule has 0 saturated carbocycles. The summed E-state index contributed by atoms with van der Waals surface area (Å²) in [5.41, 5.74) is 1.93. The van der Waals surface area contributed by atoms with Crippen molar-refractivity contribution in [3.63, 3.8) is 0 Å². The first-order chi connectivity index (χ1) is 16.7. The lowest BCUT2D eigenvalue weighted by Gasteiger charge is -2.36. The lowest BCUT2D eigenvalue weighted by Crippen LogP contribution is -2.50. The van der Waals surface area contributed by atoms with Crippen molar-refractivity contribution in [1.82, 2.24) is 9.47 Å². The molecular weight excluding hydrogens is 526 g/mol. The van der Waals surface area contributed by atoms with E-state index in [9.17, 15) is 26.7 Å². The van der Waals surface area contributed by atoms with Gasteiger partial charge in [-0.1, -0.05) is 29.3 Å². The second kappa shape index (κ2) is 9.50. The number of benzene rings is 2. The van der Waals surface area contributed by atoms with Crippen molar-refractivity contribution in [2.75, 3.05) is 13.1 Å². The molecule has 194 valence electrons. The van der Waals surface area contributed by atoms with Gasteiger partial charge >= 0.3 is 12.1 Å². The third kappa shape index (κ3) is 5.06. The summed E-state index contributed by atoms with van der Waals surface area (Å²) in [5.74, 6) is -6.61. The van der Waals surface area contributed by atoms with E-state index >= 15 is 0 Å². The Morgan fingerprint density at radius 2 is 1.89 bits per heavy atom. The Labute approximate surface area is 214 Å². The number of hydrogen-bond donors (Lipinski definition) is 1. The zero-order valence-electron chi connectivity index (χ0n) is 19.4. The lowest BCUT2D eigenvalue weighted by atomic mass is 9.92. The predicted molar refractivity (Wildman–Crippen MR) is 128 cm³/mol. The van der Waals surface area contributed by atoms with Crippen LogP contribution >= 0.6 is 23.2 Å². The first kappa shape index (κ1) is 26.7. The van der Waals surface area contributed by atoms with Gasteiger partial charge in [-0.05, 0) is 60.8 Å². The number of hydrogen-bond acceptors (Lipinski definition) is 2. The van der Waals surface area contributed by atoms with Gasteiger partial charge in [0.2, 0.25) is 0 Å². The summed E-state index contributed by atoms with van der Waals surface area (Å²) in [7, 11) is 1.66. The topological polar surface area (TPSA) is 45.5 Å². The van der Waals surface area contributed by atoms with E-state index in [2.05, 4.69) is 0 Å². The molecule has 4 rings (SSSR count). The predicted octanol–water partition coefficient (Wildman–Crippen LogP) is 6.94. The van der Waals surface area contributed by atoms with Gasteiger partial charge in [-0.15, -0.1) is 0 Å². The molecule has 0 radical (unpaired) electrons. The number of nitrogens with zero attached hydrogens (tertiary/aromatic N) is 2. The number of piperidine rings is 1. The number of alkyl halides is 5. The van der Waals surface area contributed by atoms with Crippen LogP contribution in [0.15, 0.2) is 30.3 Å². The molecule has 0 bridgehead atoms. The zero-order valence-corrected chi connectivity index (χ0v) is 20.9. The highest BCUT2D eigenvalue weighted by Gasteiger charge is 2.48. The van der Waals surface area contributed by atoms with Crippen LogP contribution in [0.2, 0.25) is 10.0 Å². The van der Waals surface area contributed by atoms with Gasteiger partial charge in [-0.3, -0.25) is 9.69 Å². The summed E-state index contributed by atoms with van der Waals surface area (Å²) in [5, 5.41) is 10.4. The third-order valence-corrected chi connectivity index (χ3v) is 7.61. The maximum Gasteiger partial charge on any atom is 0.416 e. The average molecular weight is 549 g/mol. The maximum absolute atomic E-state index is 14.3. The van der Waals surface area contributed by atoms with Crippen molar-refractivity contribution in [1.29, 1.82) is 0 Å². The van der Waals surface area contributed by atoms with Gasteiger partial charge in [0.25, 0.3) is 5.92 Å². The number of rotatable bonds is 5. The first-order valence-electron chi connectivity index (χ1n) is 11.1. The SMILES string of the molecule is Cc1cc(C(F)(F)F)cc2c1cc(Cc1c(Cl)ccc(CN3CCC(C(=O)O)C(F)(F)C3)c1Cl)n2C. The smallest absolute Gasteiger partial charge is 0.416 e. The summed E-state index contributed by atoms with van der Waals surface area (Å²) in [6.45, 7) is 1.16. The van der Waals surface area contributed by atoms with Crippen molar-refractivity contribution >= 4 is 40.1 Å². The number of likely N-dealkylation sites (tertiary alicyclic amines) is 1. The number of halogens is 7. The fourth-order valence-electron chi connectivity index (χ4n) is 4.80. The minimum absolute atomic E-state index is 0.0775. The number of carboxylic acids is 1. The number of aryl methyl sites for hydroxylation is 2. The molecule has 2 heterocycles. The van der Waals surface area contributed by atoms with Crippen molar-refractivity contribution in [3.8, 4) is 0 Å². The van der Waals surface area contributed by atoms with E-state index in [-0.39, 0.29) is 31.0 Å². The molecule has 1 atom stereocenters. The van der Waals surface area contributed by atoms with E-state index in [0.717, 1.165) is 12.1 Å². The Morgan fingerprint density at radius 1 is 1.19 bits per heavy atom. The Kier molecular flexibility index (Phi) is 7.05. The fraction of sp³-hybridized carbons (Fsp3) is 0.400. The molecule has 0 amide bonds. The molecule has 0 spiro atoms. The molecular formula is C25H23Cl2F5N2O2. The Hall–Kier alpha value is -2.36. The molecule has 1 unspecified atom stereocenters. The average Bonchev–Trinajstić information content (AvgIpc) is 3.08. The summed E-state index contributed by atoms with van der Waals surface area (Å²) < 4.78 is 70.3. The molecule has 1 aliphatic rings. The second-order valence-electron chi connectivity index (χ2n) is 9.25. The number of carbonyl (C=O) groups is 1. The molecule has 2 aromatic carbocycles. The fourth-order valence-corrected chi connectivity index (χ4v) is 5.36.